The summed E-state index contributed by atoms with van der Waals surface area (Å²) in [5, 5.41) is 2.93. The van der Waals surface area contributed by atoms with Crippen LogP contribution < -0.4 is 14.8 Å². The number of alkyl halides is 1. The number of benzene rings is 2. The molecule has 1 heterocycles. The Hall–Kier alpha value is -2.04. The first kappa shape index (κ1) is 16.8. The predicted octanol–water partition coefficient (Wildman–Crippen LogP) is 3.66. The van der Waals surface area contributed by atoms with E-state index >= 15 is 0 Å². The number of rotatable bonds is 4. The van der Waals surface area contributed by atoms with Crippen LogP contribution in [0.4, 0.5) is 0 Å². The maximum atomic E-state index is 12.4. The van der Waals surface area contributed by atoms with E-state index in [2.05, 4.69) is 5.32 Å². The first-order valence-corrected chi connectivity index (χ1v) is 8.26. The minimum atomic E-state index is -0.576. The van der Waals surface area contributed by atoms with Gasteiger partial charge in [-0.05, 0) is 35.4 Å². The summed E-state index contributed by atoms with van der Waals surface area (Å²) in [6, 6.07) is 15.1. The molecule has 2 aromatic carbocycles. The molecule has 0 aliphatic carbocycles. The number of hydrogen-bond acceptors (Lipinski definition) is 4. The van der Waals surface area contributed by atoms with Crippen molar-refractivity contribution in [3.63, 3.8) is 0 Å². The Morgan fingerprint density at radius 3 is 1.92 bits per heavy atom. The highest BCUT2D eigenvalue weighted by Crippen LogP contribution is 2.34. The van der Waals surface area contributed by atoms with Crippen LogP contribution in [0.1, 0.15) is 29.6 Å². The minimum absolute atomic E-state index is 0.0528. The van der Waals surface area contributed by atoms with Gasteiger partial charge >= 0.3 is 0 Å². The summed E-state index contributed by atoms with van der Waals surface area (Å²) in [5.74, 6) is 1.62. The number of hydrogen-bond donors (Lipinski definition) is 1. The second-order valence-electron chi connectivity index (χ2n) is 5.82. The third kappa shape index (κ3) is 3.40. The van der Waals surface area contributed by atoms with Crippen molar-refractivity contribution in [2.75, 3.05) is 14.2 Å². The molecule has 4 nitrogen and oxygen atoms in total. The fraction of sp³-hybridized carbons (Fsp3) is 0.316. The van der Waals surface area contributed by atoms with Crippen molar-refractivity contribution in [2.24, 2.45) is 0 Å². The average Bonchev–Trinajstić information content (AvgIpc) is 2.64. The zero-order chi connectivity index (χ0) is 17.1. The van der Waals surface area contributed by atoms with Crippen LogP contribution in [-0.2, 0) is 4.79 Å². The van der Waals surface area contributed by atoms with E-state index in [4.69, 9.17) is 21.1 Å². The van der Waals surface area contributed by atoms with Gasteiger partial charge in [-0.3, -0.25) is 4.79 Å². The standard InChI is InChI=1S/C19H20ClNO3/c1-23-14-7-3-12(4-8-14)16-11-17(22)18(20)19(21-16)13-5-9-15(24-2)10-6-13/h3-10,16,18-19,21H,11H2,1-2H3. The second-order valence-corrected chi connectivity index (χ2v) is 6.29. The van der Waals surface area contributed by atoms with Crippen molar-refractivity contribution in [3.05, 3.63) is 59.7 Å². The van der Waals surface area contributed by atoms with Gasteiger partial charge < -0.3 is 14.8 Å². The summed E-state index contributed by atoms with van der Waals surface area (Å²) in [4.78, 5) is 12.4. The van der Waals surface area contributed by atoms with Gasteiger partial charge in [0.25, 0.3) is 0 Å². The Morgan fingerprint density at radius 1 is 0.917 bits per heavy atom. The molecule has 1 aliphatic rings. The fourth-order valence-electron chi connectivity index (χ4n) is 2.99. The van der Waals surface area contributed by atoms with Crippen LogP contribution in [0.5, 0.6) is 11.5 Å². The van der Waals surface area contributed by atoms with Gasteiger partial charge in [0.05, 0.1) is 20.3 Å². The molecule has 0 saturated carbocycles. The topological polar surface area (TPSA) is 47.6 Å². The van der Waals surface area contributed by atoms with Gasteiger partial charge in [-0.15, -0.1) is 11.6 Å². The maximum Gasteiger partial charge on any atom is 0.154 e. The van der Waals surface area contributed by atoms with Gasteiger partial charge in [0.2, 0.25) is 0 Å². The molecular formula is C19H20ClNO3. The molecular weight excluding hydrogens is 326 g/mol. The van der Waals surface area contributed by atoms with Crippen molar-refractivity contribution < 1.29 is 14.3 Å². The second kappa shape index (κ2) is 7.24. The summed E-state index contributed by atoms with van der Waals surface area (Å²) >= 11 is 6.38. The van der Waals surface area contributed by atoms with Crippen LogP contribution in [0.2, 0.25) is 0 Å². The van der Waals surface area contributed by atoms with Crippen LogP contribution in [0, 0.1) is 0 Å². The largest absolute Gasteiger partial charge is 0.497 e. The first-order valence-electron chi connectivity index (χ1n) is 7.83. The number of carbonyl (C=O) groups is 1. The molecule has 2 aromatic rings. The summed E-state index contributed by atoms with van der Waals surface area (Å²) in [6.07, 6.45) is 0.382. The highest BCUT2D eigenvalue weighted by molar-refractivity contribution is 6.32. The van der Waals surface area contributed by atoms with Crippen LogP contribution in [-0.4, -0.2) is 25.4 Å². The van der Waals surface area contributed by atoms with Crippen molar-refractivity contribution in [1.29, 1.82) is 0 Å². The van der Waals surface area contributed by atoms with Gasteiger partial charge in [-0.1, -0.05) is 24.3 Å². The van der Waals surface area contributed by atoms with Gasteiger partial charge in [0, 0.05) is 12.5 Å². The molecule has 1 fully saturated rings. The molecule has 0 bridgehead atoms. The molecule has 1 aliphatic heterocycles. The summed E-state index contributed by atoms with van der Waals surface area (Å²) in [5.41, 5.74) is 2.02. The Bertz CT molecular complexity index is 700. The lowest BCUT2D eigenvalue weighted by Crippen LogP contribution is -2.43. The van der Waals surface area contributed by atoms with E-state index in [1.807, 2.05) is 48.5 Å². The fourth-order valence-corrected chi connectivity index (χ4v) is 3.29. The lowest BCUT2D eigenvalue weighted by atomic mass is 9.89. The van der Waals surface area contributed by atoms with Crippen LogP contribution in [0.3, 0.4) is 0 Å². The van der Waals surface area contributed by atoms with Gasteiger partial charge in [-0.25, -0.2) is 0 Å². The van der Waals surface area contributed by atoms with Crippen LogP contribution >= 0.6 is 11.6 Å². The van der Waals surface area contributed by atoms with E-state index in [1.165, 1.54) is 0 Å². The highest BCUT2D eigenvalue weighted by Gasteiger charge is 2.36. The molecule has 0 aromatic heterocycles. The molecule has 126 valence electrons. The van der Waals surface area contributed by atoms with E-state index in [1.54, 1.807) is 14.2 Å². The number of piperidine rings is 1. The maximum absolute atomic E-state index is 12.4. The molecule has 1 N–H and O–H groups in total. The van der Waals surface area contributed by atoms with Crippen LogP contribution in [0.25, 0.3) is 0 Å². The van der Waals surface area contributed by atoms with Crippen LogP contribution in [0.15, 0.2) is 48.5 Å². The quantitative estimate of drug-likeness (QED) is 0.859. The molecule has 1 saturated heterocycles. The number of ether oxygens (including phenoxy) is 2. The Labute approximate surface area is 146 Å². The van der Waals surface area contributed by atoms with Crippen molar-refractivity contribution >= 4 is 17.4 Å². The summed E-state index contributed by atoms with van der Waals surface area (Å²) in [7, 11) is 3.26. The Balaban J connectivity index is 1.84. The third-order valence-corrected chi connectivity index (χ3v) is 4.87. The number of nitrogens with one attached hydrogen (secondary N) is 1. The van der Waals surface area contributed by atoms with Gasteiger partial charge in [0.15, 0.2) is 5.78 Å². The van der Waals surface area contributed by atoms with Crippen molar-refractivity contribution in [3.8, 4) is 11.5 Å². The van der Waals surface area contributed by atoms with Crippen molar-refractivity contribution in [1.82, 2.24) is 5.32 Å². The van der Waals surface area contributed by atoms with Gasteiger partial charge in [0.1, 0.15) is 16.9 Å². The first-order chi connectivity index (χ1) is 11.6. The number of ketones is 1. The lowest BCUT2D eigenvalue weighted by Gasteiger charge is -2.34. The van der Waals surface area contributed by atoms with E-state index in [-0.39, 0.29) is 17.9 Å². The van der Waals surface area contributed by atoms with E-state index in [0.717, 1.165) is 22.6 Å². The Morgan fingerprint density at radius 2 is 1.42 bits per heavy atom. The Kier molecular flexibility index (Phi) is 5.07. The molecule has 3 atom stereocenters. The normalized spacial score (nSPS) is 23.8. The smallest absolute Gasteiger partial charge is 0.154 e. The van der Waals surface area contributed by atoms with E-state index in [9.17, 15) is 4.79 Å². The van der Waals surface area contributed by atoms with Crippen molar-refractivity contribution in [2.45, 2.75) is 23.9 Å². The monoisotopic (exact) mass is 345 g/mol. The zero-order valence-corrected chi connectivity index (χ0v) is 14.4. The minimum Gasteiger partial charge on any atom is -0.497 e. The summed E-state index contributed by atoms with van der Waals surface area (Å²) < 4.78 is 10.4. The number of methoxy groups -OCH3 is 2. The molecule has 5 heteroatoms. The molecule has 3 rings (SSSR count). The number of carbonyl (C=O) groups excluding carboxylic acids is 1. The molecule has 0 radical (unpaired) electrons. The van der Waals surface area contributed by atoms with Gasteiger partial charge in [-0.2, -0.15) is 0 Å². The summed E-state index contributed by atoms with van der Waals surface area (Å²) in [6.45, 7) is 0. The molecule has 24 heavy (non-hydrogen) atoms. The molecule has 3 unspecified atom stereocenters. The average molecular weight is 346 g/mol. The van der Waals surface area contributed by atoms with E-state index < -0.39 is 5.38 Å². The molecule has 0 spiro atoms. The highest BCUT2D eigenvalue weighted by atomic mass is 35.5. The number of halogens is 1. The predicted molar refractivity (Wildman–Crippen MR) is 93.9 cm³/mol. The number of Topliss-reactive ketones (excluding diaryl/α,β-unsaturated/α-hetero) is 1. The lowest BCUT2D eigenvalue weighted by molar-refractivity contribution is -0.121. The molecule has 0 amide bonds. The van der Waals surface area contributed by atoms with E-state index in [0.29, 0.717) is 6.42 Å². The zero-order valence-electron chi connectivity index (χ0n) is 13.7. The third-order valence-electron chi connectivity index (χ3n) is 4.38. The SMILES string of the molecule is COc1ccc(C2CC(=O)C(Cl)C(c3ccc(OC)cc3)N2)cc1.